The van der Waals surface area contributed by atoms with Crippen LogP contribution < -0.4 is 10.1 Å². The van der Waals surface area contributed by atoms with Gasteiger partial charge in [0.25, 0.3) is 5.91 Å². The molecule has 1 heterocycles. The summed E-state index contributed by atoms with van der Waals surface area (Å²) in [5, 5.41) is 2.89. The fourth-order valence-electron chi connectivity index (χ4n) is 2.97. The van der Waals surface area contributed by atoms with Gasteiger partial charge < -0.3 is 14.5 Å². The van der Waals surface area contributed by atoms with Crippen LogP contribution in [-0.4, -0.2) is 18.0 Å². The summed E-state index contributed by atoms with van der Waals surface area (Å²) in [4.78, 5) is 16.6. The Kier molecular flexibility index (Phi) is 5.70. The molecule has 0 radical (unpaired) electrons. The molecule has 0 aliphatic carbocycles. The average Bonchev–Trinajstić information content (AvgIpc) is 3.16. The number of oxazole rings is 1. The van der Waals surface area contributed by atoms with Crippen molar-refractivity contribution in [3.05, 3.63) is 75.3 Å². The van der Waals surface area contributed by atoms with Crippen LogP contribution in [0, 0.1) is 23.3 Å². The maximum atomic E-state index is 14.2. The van der Waals surface area contributed by atoms with E-state index in [-0.39, 0.29) is 17.1 Å². The van der Waals surface area contributed by atoms with E-state index in [4.69, 9.17) is 27.6 Å². The first-order valence-corrected chi connectivity index (χ1v) is 9.54. The molecule has 0 saturated heterocycles. The molecule has 1 aromatic heterocycles. The number of nitrogens with zero attached hydrogens (tertiary/aromatic N) is 1. The Balaban J connectivity index is 1.68. The predicted octanol–water partition coefficient (Wildman–Crippen LogP) is 6.62. The SMILES string of the molecule is COc1c(F)c(F)c(C(=O)Nc2ccc3oc(-c4ccc(Cl)cc4Cl)nc3c2)c(F)c1F. The number of halogens is 6. The summed E-state index contributed by atoms with van der Waals surface area (Å²) >= 11 is 12.0. The minimum absolute atomic E-state index is 0.0417. The highest BCUT2D eigenvalue weighted by molar-refractivity contribution is 6.36. The van der Waals surface area contributed by atoms with Crippen LogP contribution in [0.15, 0.2) is 40.8 Å². The van der Waals surface area contributed by atoms with Crippen LogP contribution in [0.25, 0.3) is 22.6 Å². The molecule has 4 rings (SSSR count). The van der Waals surface area contributed by atoms with Crippen molar-refractivity contribution in [2.75, 3.05) is 12.4 Å². The van der Waals surface area contributed by atoms with Gasteiger partial charge in [-0.1, -0.05) is 23.2 Å². The second-order valence-electron chi connectivity index (χ2n) is 6.44. The highest BCUT2D eigenvalue weighted by atomic mass is 35.5. The van der Waals surface area contributed by atoms with E-state index in [1.54, 1.807) is 12.1 Å². The summed E-state index contributed by atoms with van der Waals surface area (Å²) in [6.45, 7) is 0. The third-order valence-electron chi connectivity index (χ3n) is 4.46. The largest absolute Gasteiger partial charge is 0.491 e. The molecule has 0 saturated carbocycles. The van der Waals surface area contributed by atoms with Crippen LogP contribution in [0.5, 0.6) is 5.75 Å². The first kappa shape index (κ1) is 21.9. The lowest BCUT2D eigenvalue weighted by Crippen LogP contribution is -2.18. The van der Waals surface area contributed by atoms with Gasteiger partial charge in [0.05, 0.1) is 17.7 Å². The monoisotopic (exact) mass is 484 g/mol. The zero-order chi connectivity index (χ0) is 23.2. The van der Waals surface area contributed by atoms with Gasteiger partial charge >= 0.3 is 0 Å². The lowest BCUT2D eigenvalue weighted by Gasteiger charge is -2.11. The number of methoxy groups -OCH3 is 1. The van der Waals surface area contributed by atoms with Crippen molar-refractivity contribution in [2.24, 2.45) is 0 Å². The molecule has 4 aromatic rings. The zero-order valence-electron chi connectivity index (χ0n) is 15.9. The van der Waals surface area contributed by atoms with Gasteiger partial charge in [-0.25, -0.2) is 13.8 Å². The number of carbonyl (C=O) groups excluding carboxylic acids is 1. The molecule has 0 aliphatic heterocycles. The molecule has 11 heteroatoms. The lowest BCUT2D eigenvalue weighted by atomic mass is 10.1. The Morgan fingerprint density at radius 2 is 1.69 bits per heavy atom. The summed E-state index contributed by atoms with van der Waals surface area (Å²) in [6, 6.07) is 8.85. The average molecular weight is 485 g/mol. The molecule has 5 nitrogen and oxygen atoms in total. The van der Waals surface area contributed by atoms with Crippen molar-refractivity contribution >= 4 is 45.9 Å². The van der Waals surface area contributed by atoms with Crippen molar-refractivity contribution in [1.82, 2.24) is 4.98 Å². The molecule has 0 spiro atoms. The van der Waals surface area contributed by atoms with Gasteiger partial charge in [-0.05, 0) is 36.4 Å². The molecule has 0 atom stereocenters. The van der Waals surface area contributed by atoms with Gasteiger partial charge in [0.1, 0.15) is 11.1 Å². The van der Waals surface area contributed by atoms with E-state index in [0.29, 0.717) is 21.2 Å². The van der Waals surface area contributed by atoms with Crippen LogP contribution in [0.2, 0.25) is 10.0 Å². The summed E-state index contributed by atoms with van der Waals surface area (Å²) in [5.74, 6) is -9.94. The minimum Gasteiger partial charge on any atom is -0.491 e. The van der Waals surface area contributed by atoms with Crippen LogP contribution in [0.1, 0.15) is 10.4 Å². The Morgan fingerprint density at radius 3 is 2.31 bits per heavy atom. The smallest absolute Gasteiger partial charge is 0.261 e. The molecular formula is C21H10Cl2F4N2O3. The van der Waals surface area contributed by atoms with Gasteiger partial charge in [-0.2, -0.15) is 8.78 Å². The van der Waals surface area contributed by atoms with Crippen LogP contribution in [0.4, 0.5) is 23.2 Å². The third-order valence-corrected chi connectivity index (χ3v) is 5.01. The molecular weight excluding hydrogens is 475 g/mol. The number of hydrogen-bond donors (Lipinski definition) is 1. The van der Waals surface area contributed by atoms with Crippen molar-refractivity contribution in [2.45, 2.75) is 0 Å². The first-order valence-electron chi connectivity index (χ1n) is 8.78. The normalized spacial score (nSPS) is 11.1. The number of anilines is 1. The summed E-state index contributed by atoms with van der Waals surface area (Å²) < 4.78 is 66.1. The zero-order valence-corrected chi connectivity index (χ0v) is 17.4. The van der Waals surface area contributed by atoms with E-state index in [1.165, 1.54) is 24.3 Å². The van der Waals surface area contributed by atoms with Crippen molar-refractivity contribution < 1.29 is 31.5 Å². The van der Waals surface area contributed by atoms with E-state index in [2.05, 4.69) is 15.0 Å². The quantitative estimate of drug-likeness (QED) is 0.261. The van der Waals surface area contributed by atoms with E-state index in [0.717, 1.165) is 7.11 Å². The van der Waals surface area contributed by atoms with Gasteiger partial charge in [0.2, 0.25) is 17.5 Å². The van der Waals surface area contributed by atoms with Crippen LogP contribution in [-0.2, 0) is 0 Å². The topological polar surface area (TPSA) is 64.4 Å². The fourth-order valence-corrected chi connectivity index (χ4v) is 3.46. The Labute approximate surface area is 187 Å². The van der Waals surface area contributed by atoms with Gasteiger partial charge in [-0.15, -0.1) is 0 Å². The standard InChI is InChI=1S/C21H10Cl2F4N2O3/c1-31-19-17(26)15(24)14(16(25)18(19)27)20(30)28-9-3-5-13-12(7-9)29-21(32-13)10-4-2-8(22)6-11(10)23/h2-7H,1H3,(H,28,30). The molecule has 1 amide bonds. The van der Waals surface area contributed by atoms with Crippen molar-refractivity contribution in [1.29, 1.82) is 0 Å². The summed E-state index contributed by atoms with van der Waals surface area (Å²) in [6.07, 6.45) is 0. The van der Waals surface area contributed by atoms with E-state index >= 15 is 0 Å². The highest BCUT2D eigenvalue weighted by Crippen LogP contribution is 2.33. The van der Waals surface area contributed by atoms with E-state index in [1.807, 2.05) is 0 Å². The molecule has 3 aromatic carbocycles. The van der Waals surface area contributed by atoms with Crippen molar-refractivity contribution in [3.63, 3.8) is 0 Å². The Morgan fingerprint density at radius 1 is 1.00 bits per heavy atom. The maximum Gasteiger partial charge on any atom is 0.261 e. The molecule has 1 N–H and O–H groups in total. The highest BCUT2D eigenvalue weighted by Gasteiger charge is 2.30. The number of aromatic nitrogens is 1. The van der Waals surface area contributed by atoms with Gasteiger partial charge in [0, 0.05) is 10.7 Å². The first-order chi connectivity index (χ1) is 15.2. The second-order valence-corrected chi connectivity index (χ2v) is 7.29. The number of rotatable bonds is 4. The number of nitrogens with one attached hydrogen (secondary N) is 1. The van der Waals surface area contributed by atoms with E-state index in [9.17, 15) is 22.4 Å². The number of hydrogen-bond acceptors (Lipinski definition) is 4. The fraction of sp³-hybridized carbons (Fsp3) is 0.0476. The number of benzene rings is 3. The number of amides is 1. The second kappa shape index (κ2) is 8.33. The Bertz CT molecular complexity index is 1360. The Hall–Kier alpha value is -3.30. The minimum atomic E-state index is -1.89. The molecule has 0 fully saturated rings. The predicted molar refractivity (Wildman–Crippen MR) is 110 cm³/mol. The number of carbonyl (C=O) groups is 1. The van der Waals surface area contributed by atoms with Gasteiger partial charge in [-0.3, -0.25) is 4.79 Å². The van der Waals surface area contributed by atoms with Gasteiger partial charge in [0.15, 0.2) is 23.0 Å². The summed E-state index contributed by atoms with van der Waals surface area (Å²) in [5.41, 5.74) is -0.333. The molecule has 0 unspecified atom stereocenters. The molecule has 164 valence electrons. The van der Waals surface area contributed by atoms with Crippen molar-refractivity contribution in [3.8, 4) is 17.2 Å². The summed E-state index contributed by atoms with van der Waals surface area (Å²) in [7, 11) is 0.832. The molecule has 32 heavy (non-hydrogen) atoms. The van der Waals surface area contributed by atoms with Crippen LogP contribution >= 0.6 is 23.2 Å². The molecule has 0 aliphatic rings. The van der Waals surface area contributed by atoms with E-state index < -0.39 is 40.5 Å². The van der Waals surface area contributed by atoms with Crippen LogP contribution in [0.3, 0.4) is 0 Å². The number of fused-ring (bicyclic) bond motifs is 1. The maximum absolute atomic E-state index is 14.2. The molecule has 0 bridgehead atoms. The lowest BCUT2D eigenvalue weighted by molar-refractivity contribution is 0.101. The third kappa shape index (κ3) is 3.74. The number of ether oxygens (including phenoxy) is 1.